The van der Waals surface area contributed by atoms with Gasteiger partial charge in [0, 0.05) is 26.2 Å². The third-order valence-electron chi connectivity index (χ3n) is 5.91. The summed E-state index contributed by atoms with van der Waals surface area (Å²) in [5, 5.41) is 8.27. The van der Waals surface area contributed by atoms with Crippen LogP contribution in [0.25, 0.3) is 0 Å². The van der Waals surface area contributed by atoms with Crippen LogP contribution < -0.4 is 5.73 Å². The second-order valence-electron chi connectivity index (χ2n) is 7.59. The smallest absolute Gasteiger partial charge is 0.276 e. The van der Waals surface area contributed by atoms with E-state index in [1.807, 2.05) is 0 Å². The molecule has 2 amide bonds. The number of hydrogen-bond donors (Lipinski definition) is 1. The van der Waals surface area contributed by atoms with E-state index < -0.39 is 0 Å². The number of aromatic nitrogens is 3. The normalized spacial score (nSPS) is 32.5. The average Bonchev–Trinajstić information content (AvgIpc) is 3.26. The van der Waals surface area contributed by atoms with Gasteiger partial charge < -0.3 is 20.3 Å². The zero-order chi connectivity index (χ0) is 18.3. The van der Waals surface area contributed by atoms with Crippen molar-refractivity contribution in [1.29, 1.82) is 0 Å². The van der Waals surface area contributed by atoms with Crippen LogP contribution in [0.2, 0.25) is 0 Å². The lowest BCUT2D eigenvalue weighted by atomic mass is 9.92. The van der Waals surface area contributed by atoms with Gasteiger partial charge in [0.25, 0.3) is 5.91 Å². The SMILES string of the molecule is CN1C(=O)CCO[C@H]2CN(C(=O)c3cn(C4CCC(N)CC4)nn3)C[C@@H]21. The molecule has 1 aromatic rings. The molecule has 4 rings (SSSR count). The van der Waals surface area contributed by atoms with Gasteiger partial charge in [-0.25, -0.2) is 4.68 Å². The molecule has 1 aliphatic carbocycles. The highest BCUT2D eigenvalue weighted by Gasteiger charge is 2.42. The zero-order valence-electron chi connectivity index (χ0n) is 15.1. The number of rotatable bonds is 2. The summed E-state index contributed by atoms with van der Waals surface area (Å²) in [4.78, 5) is 28.3. The molecule has 2 atom stereocenters. The molecule has 2 N–H and O–H groups in total. The van der Waals surface area contributed by atoms with E-state index in [-0.39, 0.29) is 36.0 Å². The number of likely N-dealkylation sites (tertiary alicyclic amines) is 1. The molecule has 3 heterocycles. The molecule has 1 saturated carbocycles. The second-order valence-corrected chi connectivity index (χ2v) is 7.59. The number of fused-ring (bicyclic) bond motifs is 1. The van der Waals surface area contributed by atoms with Crippen molar-refractivity contribution in [2.24, 2.45) is 5.73 Å². The summed E-state index contributed by atoms with van der Waals surface area (Å²) in [5.41, 5.74) is 6.31. The monoisotopic (exact) mass is 362 g/mol. The first-order valence-corrected chi connectivity index (χ1v) is 9.37. The number of likely N-dealkylation sites (N-methyl/N-ethyl adjacent to an activating group) is 1. The zero-order valence-corrected chi connectivity index (χ0v) is 15.1. The van der Waals surface area contributed by atoms with Gasteiger partial charge in [-0.2, -0.15) is 0 Å². The summed E-state index contributed by atoms with van der Waals surface area (Å²) in [6.07, 6.45) is 5.89. The summed E-state index contributed by atoms with van der Waals surface area (Å²) in [7, 11) is 1.78. The van der Waals surface area contributed by atoms with Gasteiger partial charge in [0.05, 0.1) is 37.4 Å². The third kappa shape index (κ3) is 3.21. The van der Waals surface area contributed by atoms with Crippen LogP contribution in [0.5, 0.6) is 0 Å². The molecular weight excluding hydrogens is 336 g/mol. The fraction of sp³-hybridized carbons (Fsp3) is 0.765. The summed E-state index contributed by atoms with van der Waals surface area (Å²) < 4.78 is 7.59. The first kappa shape index (κ1) is 17.4. The minimum Gasteiger partial charge on any atom is -0.374 e. The number of nitrogens with zero attached hydrogens (tertiary/aromatic N) is 5. The van der Waals surface area contributed by atoms with E-state index in [1.54, 1.807) is 27.7 Å². The van der Waals surface area contributed by atoms with Crippen LogP contribution in [0.3, 0.4) is 0 Å². The average molecular weight is 362 g/mol. The molecule has 3 aliphatic rings. The molecule has 0 radical (unpaired) electrons. The lowest BCUT2D eigenvalue weighted by Crippen LogP contribution is -2.43. The number of ether oxygens (including phenoxy) is 1. The van der Waals surface area contributed by atoms with Crippen LogP contribution >= 0.6 is 0 Å². The molecule has 0 aromatic carbocycles. The standard InChI is InChI=1S/C17H26N6O3/c1-21-14-9-22(10-15(14)26-7-6-16(21)24)17(25)13-8-23(20-19-13)12-4-2-11(18)3-5-12/h8,11-12,14-15H,2-7,9-10,18H2,1H3/t11?,12?,14-,15-/m0/s1. The Balaban J connectivity index is 1.43. The number of carbonyl (C=O) groups excluding carboxylic acids is 2. The number of nitrogens with two attached hydrogens (primary N) is 1. The predicted molar refractivity (Wildman–Crippen MR) is 92.3 cm³/mol. The van der Waals surface area contributed by atoms with Gasteiger partial charge in [-0.3, -0.25) is 9.59 Å². The van der Waals surface area contributed by atoms with Gasteiger partial charge in [0.15, 0.2) is 5.69 Å². The maximum absolute atomic E-state index is 12.8. The van der Waals surface area contributed by atoms with Crippen molar-refractivity contribution >= 4 is 11.8 Å². The van der Waals surface area contributed by atoms with E-state index in [9.17, 15) is 9.59 Å². The molecule has 2 aliphatic heterocycles. The van der Waals surface area contributed by atoms with Gasteiger partial charge >= 0.3 is 0 Å². The highest BCUT2D eigenvalue weighted by Crippen LogP contribution is 2.27. The van der Waals surface area contributed by atoms with Gasteiger partial charge in [0.1, 0.15) is 0 Å². The molecule has 9 nitrogen and oxygen atoms in total. The molecule has 0 spiro atoms. The molecule has 26 heavy (non-hydrogen) atoms. The Morgan fingerprint density at radius 2 is 2.04 bits per heavy atom. The minimum atomic E-state index is -0.152. The van der Waals surface area contributed by atoms with Crippen molar-refractivity contribution in [3.05, 3.63) is 11.9 Å². The molecule has 0 unspecified atom stereocenters. The van der Waals surface area contributed by atoms with Gasteiger partial charge in [-0.1, -0.05) is 5.21 Å². The van der Waals surface area contributed by atoms with Crippen molar-refractivity contribution in [3.8, 4) is 0 Å². The van der Waals surface area contributed by atoms with Crippen LogP contribution in [0.4, 0.5) is 0 Å². The number of hydrogen-bond acceptors (Lipinski definition) is 6. The first-order chi connectivity index (χ1) is 12.5. The Morgan fingerprint density at radius 3 is 2.81 bits per heavy atom. The molecule has 2 saturated heterocycles. The topological polar surface area (TPSA) is 107 Å². The summed E-state index contributed by atoms with van der Waals surface area (Å²) in [6.45, 7) is 1.36. The highest BCUT2D eigenvalue weighted by molar-refractivity contribution is 5.92. The Kier molecular flexibility index (Phi) is 4.66. The van der Waals surface area contributed by atoms with E-state index >= 15 is 0 Å². The fourth-order valence-electron chi connectivity index (χ4n) is 4.20. The third-order valence-corrected chi connectivity index (χ3v) is 5.91. The number of amides is 2. The van der Waals surface area contributed by atoms with E-state index in [2.05, 4.69) is 10.3 Å². The highest BCUT2D eigenvalue weighted by atomic mass is 16.5. The lowest BCUT2D eigenvalue weighted by molar-refractivity contribution is -0.131. The van der Waals surface area contributed by atoms with Crippen molar-refractivity contribution in [2.45, 2.75) is 56.3 Å². The van der Waals surface area contributed by atoms with Crippen LogP contribution in [-0.4, -0.2) is 81.5 Å². The van der Waals surface area contributed by atoms with Crippen molar-refractivity contribution in [1.82, 2.24) is 24.8 Å². The Hall–Kier alpha value is -2.00. The van der Waals surface area contributed by atoms with Gasteiger partial charge in [-0.15, -0.1) is 5.10 Å². The molecule has 0 bridgehead atoms. The Morgan fingerprint density at radius 1 is 1.27 bits per heavy atom. The van der Waals surface area contributed by atoms with E-state index in [0.717, 1.165) is 25.7 Å². The largest absolute Gasteiger partial charge is 0.374 e. The van der Waals surface area contributed by atoms with Crippen LogP contribution in [0, 0.1) is 0 Å². The molecule has 1 aromatic heterocycles. The predicted octanol–water partition coefficient (Wildman–Crippen LogP) is -0.208. The fourth-order valence-corrected chi connectivity index (χ4v) is 4.20. The van der Waals surface area contributed by atoms with Crippen LogP contribution in [-0.2, 0) is 9.53 Å². The maximum atomic E-state index is 12.8. The second kappa shape index (κ2) is 6.96. The van der Waals surface area contributed by atoms with Crippen LogP contribution in [0.15, 0.2) is 6.20 Å². The van der Waals surface area contributed by atoms with Gasteiger partial charge in [-0.05, 0) is 25.7 Å². The lowest BCUT2D eigenvalue weighted by Gasteiger charge is -2.25. The Labute approximate surface area is 152 Å². The van der Waals surface area contributed by atoms with E-state index in [1.165, 1.54) is 0 Å². The first-order valence-electron chi connectivity index (χ1n) is 9.37. The minimum absolute atomic E-state index is 0.0632. The van der Waals surface area contributed by atoms with Crippen molar-refractivity contribution in [3.63, 3.8) is 0 Å². The van der Waals surface area contributed by atoms with Crippen molar-refractivity contribution < 1.29 is 14.3 Å². The molecule has 9 heteroatoms. The molecular formula is C17H26N6O3. The summed E-state index contributed by atoms with van der Waals surface area (Å²) in [6, 6.07) is 0.442. The Bertz CT molecular complexity index is 684. The van der Waals surface area contributed by atoms with E-state index in [0.29, 0.717) is 31.8 Å². The summed E-state index contributed by atoms with van der Waals surface area (Å²) in [5.74, 6) is -0.0884. The summed E-state index contributed by atoms with van der Waals surface area (Å²) >= 11 is 0. The molecule has 3 fully saturated rings. The van der Waals surface area contributed by atoms with Gasteiger partial charge in [0.2, 0.25) is 5.91 Å². The molecule has 142 valence electrons. The number of carbonyl (C=O) groups is 2. The maximum Gasteiger partial charge on any atom is 0.276 e. The van der Waals surface area contributed by atoms with Crippen LogP contribution in [0.1, 0.15) is 48.6 Å². The van der Waals surface area contributed by atoms with E-state index in [4.69, 9.17) is 10.5 Å². The quantitative estimate of drug-likeness (QED) is 0.780. The van der Waals surface area contributed by atoms with Crippen molar-refractivity contribution in [2.75, 3.05) is 26.7 Å².